The molecule has 6 nitrogen and oxygen atoms in total. The molecule has 1 fully saturated rings. The number of alkyl halides is 3. The molecule has 0 aliphatic carbocycles. The van der Waals surface area contributed by atoms with Crippen LogP contribution in [0.15, 0.2) is 24.3 Å². The third-order valence-corrected chi connectivity index (χ3v) is 3.85. The van der Waals surface area contributed by atoms with E-state index in [9.17, 15) is 27.6 Å². The molecule has 1 aliphatic heterocycles. The summed E-state index contributed by atoms with van der Waals surface area (Å²) in [6, 6.07) is 3.44. The predicted molar refractivity (Wildman–Crippen MR) is 77.6 cm³/mol. The molecule has 4 amide bonds. The molecular formula is C15H16F3N3O3. The minimum Gasteiger partial charge on any atom is -0.352 e. The van der Waals surface area contributed by atoms with E-state index in [4.69, 9.17) is 0 Å². The molecule has 0 aromatic heterocycles. The van der Waals surface area contributed by atoms with Crippen LogP contribution in [0.1, 0.15) is 17.5 Å². The summed E-state index contributed by atoms with van der Waals surface area (Å²) in [6.45, 7) is -0.317. The number of imide groups is 1. The molecule has 1 aromatic carbocycles. The van der Waals surface area contributed by atoms with Gasteiger partial charge in [0.1, 0.15) is 6.04 Å². The van der Waals surface area contributed by atoms with Crippen LogP contribution in [0.3, 0.4) is 0 Å². The first-order valence-electron chi connectivity index (χ1n) is 7.09. The zero-order valence-electron chi connectivity index (χ0n) is 13.1. The van der Waals surface area contributed by atoms with E-state index in [-0.39, 0.29) is 18.5 Å². The molecule has 0 saturated carbocycles. The van der Waals surface area contributed by atoms with Crippen molar-refractivity contribution in [3.63, 3.8) is 0 Å². The Balaban J connectivity index is 2.00. The number of rotatable bonds is 4. The zero-order chi connectivity index (χ0) is 18.1. The van der Waals surface area contributed by atoms with Gasteiger partial charge in [-0.15, -0.1) is 0 Å². The molecule has 1 saturated heterocycles. The molecule has 1 aliphatic rings. The van der Waals surface area contributed by atoms with Crippen molar-refractivity contribution in [2.45, 2.75) is 25.2 Å². The second-order valence-electron chi connectivity index (χ2n) is 5.44. The number of carbonyl (C=O) groups is 3. The average Bonchev–Trinajstić information content (AvgIpc) is 2.70. The first-order chi connectivity index (χ1) is 11.1. The Hall–Kier alpha value is -2.58. The molecule has 1 aromatic rings. The Bertz CT molecular complexity index is 675. The molecule has 0 unspecified atom stereocenters. The van der Waals surface area contributed by atoms with Crippen LogP contribution in [0.2, 0.25) is 0 Å². The normalized spacial score (nSPS) is 18.3. The SMILES string of the molecule is CN1C(=O)[C@@H](CC(=O)NCc2ccccc2C(F)(F)F)N(C)C1=O. The van der Waals surface area contributed by atoms with Gasteiger partial charge in [0, 0.05) is 20.6 Å². The quantitative estimate of drug-likeness (QED) is 0.845. The number of likely N-dealkylation sites (N-methyl/N-ethyl adjacent to an activating group) is 2. The number of nitrogens with zero attached hydrogens (tertiary/aromatic N) is 2. The van der Waals surface area contributed by atoms with Gasteiger partial charge >= 0.3 is 12.2 Å². The highest BCUT2D eigenvalue weighted by molar-refractivity contribution is 6.05. The Morgan fingerprint density at radius 3 is 2.38 bits per heavy atom. The predicted octanol–water partition coefficient (Wildman–Crippen LogP) is 1.60. The summed E-state index contributed by atoms with van der Waals surface area (Å²) >= 11 is 0. The van der Waals surface area contributed by atoms with Crippen LogP contribution in [0, 0.1) is 0 Å². The number of halogens is 3. The molecule has 1 heterocycles. The van der Waals surface area contributed by atoms with Crippen molar-refractivity contribution in [3.05, 3.63) is 35.4 Å². The van der Waals surface area contributed by atoms with Crippen LogP contribution in [0.5, 0.6) is 0 Å². The van der Waals surface area contributed by atoms with Gasteiger partial charge < -0.3 is 10.2 Å². The van der Waals surface area contributed by atoms with Gasteiger partial charge in [0.05, 0.1) is 12.0 Å². The highest BCUT2D eigenvalue weighted by Gasteiger charge is 2.41. The largest absolute Gasteiger partial charge is 0.416 e. The smallest absolute Gasteiger partial charge is 0.352 e. The molecule has 130 valence electrons. The number of carbonyl (C=O) groups excluding carboxylic acids is 3. The van der Waals surface area contributed by atoms with Crippen LogP contribution in [0.4, 0.5) is 18.0 Å². The van der Waals surface area contributed by atoms with E-state index in [2.05, 4.69) is 5.32 Å². The lowest BCUT2D eigenvalue weighted by Gasteiger charge is -2.16. The first-order valence-corrected chi connectivity index (χ1v) is 7.09. The maximum Gasteiger partial charge on any atom is 0.416 e. The fourth-order valence-electron chi connectivity index (χ4n) is 2.47. The lowest BCUT2D eigenvalue weighted by molar-refractivity contribution is -0.138. The second kappa shape index (κ2) is 6.50. The standard InChI is InChI=1S/C15H16F3N3O3/c1-20-11(13(23)21(2)14(20)24)7-12(22)19-8-9-5-3-4-6-10(9)15(16,17)18/h3-6,11H,7-8H2,1-2H3,(H,19,22)/t11-/m1/s1. The van der Waals surface area contributed by atoms with Crippen molar-refractivity contribution in [2.24, 2.45) is 0 Å². The highest BCUT2D eigenvalue weighted by Crippen LogP contribution is 2.31. The van der Waals surface area contributed by atoms with Gasteiger partial charge in [-0.1, -0.05) is 18.2 Å². The summed E-state index contributed by atoms with van der Waals surface area (Å²) in [7, 11) is 2.69. The highest BCUT2D eigenvalue weighted by atomic mass is 19.4. The van der Waals surface area contributed by atoms with Crippen molar-refractivity contribution in [1.29, 1.82) is 0 Å². The number of amides is 4. The molecule has 1 atom stereocenters. The molecule has 0 bridgehead atoms. The number of nitrogens with one attached hydrogen (secondary N) is 1. The summed E-state index contributed by atoms with van der Waals surface area (Å²) in [6.07, 6.45) is -4.82. The third kappa shape index (κ3) is 3.50. The maximum absolute atomic E-state index is 12.9. The first kappa shape index (κ1) is 17.8. The van der Waals surface area contributed by atoms with Crippen molar-refractivity contribution in [3.8, 4) is 0 Å². The van der Waals surface area contributed by atoms with Crippen LogP contribution in [-0.2, 0) is 22.3 Å². The van der Waals surface area contributed by atoms with Gasteiger partial charge in [-0.3, -0.25) is 14.5 Å². The maximum atomic E-state index is 12.9. The molecule has 0 spiro atoms. The van der Waals surface area contributed by atoms with Gasteiger partial charge in [0.2, 0.25) is 5.91 Å². The second-order valence-corrected chi connectivity index (χ2v) is 5.44. The fourth-order valence-corrected chi connectivity index (χ4v) is 2.47. The summed E-state index contributed by atoms with van der Waals surface area (Å²) in [4.78, 5) is 37.4. The summed E-state index contributed by atoms with van der Waals surface area (Å²) < 4.78 is 38.6. The minimum absolute atomic E-state index is 0.0716. The minimum atomic E-state index is -4.52. The van der Waals surface area contributed by atoms with Gasteiger partial charge in [-0.2, -0.15) is 13.2 Å². The molecule has 9 heteroatoms. The average molecular weight is 343 g/mol. The summed E-state index contributed by atoms with van der Waals surface area (Å²) in [5.74, 6) is -1.13. The van der Waals surface area contributed by atoms with Gasteiger partial charge in [-0.25, -0.2) is 4.79 Å². The third-order valence-electron chi connectivity index (χ3n) is 3.85. The lowest BCUT2D eigenvalue weighted by atomic mass is 10.1. The van der Waals surface area contributed by atoms with Crippen LogP contribution >= 0.6 is 0 Å². The van der Waals surface area contributed by atoms with E-state index in [1.165, 1.54) is 32.3 Å². The number of hydrogen-bond donors (Lipinski definition) is 1. The monoisotopic (exact) mass is 343 g/mol. The molecule has 0 radical (unpaired) electrons. The van der Waals surface area contributed by atoms with E-state index in [0.29, 0.717) is 0 Å². The molecular weight excluding hydrogens is 327 g/mol. The Kier molecular flexibility index (Phi) is 4.81. The number of hydrogen-bond acceptors (Lipinski definition) is 3. The Morgan fingerprint density at radius 1 is 1.21 bits per heavy atom. The number of urea groups is 1. The van der Waals surface area contributed by atoms with E-state index < -0.39 is 35.6 Å². The molecule has 24 heavy (non-hydrogen) atoms. The van der Waals surface area contributed by atoms with Gasteiger partial charge in [-0.05, 0) is 11.6 Å². The van der Waals surface area contributed by atoms with E-state index in [1.807, 2.05) is 0 Å². The van der Waals surface area contributed by atoms with E-state index in [1.54, 1.807) is 0 Å². The topological polar surface area (TPSA) is 69.7 Å². The molecule has 1 N–H and O–H groups in total. The van der Waals surface area contributed by atoms with Crippen molar-refractivity contribution in [2.75, 3.05) is 14.1 Å². The Labute approximate surface area is 136 Å². The number of benzene rings is 1. The van der Waals surface area contributed by atoms with Crippen LogP contribution in [-0.4, -0.2) is 47.8 Å². The summed E-state index contributed by atoms with van der Waals surface area (Å²) in [5, 5.41) is 2.36. The van der Waals surface area contributed by atoms with Crippen molar-refractivity contribution < 1.29 is 27.6 Å². The van der Waals surface area contributed by atoms with Gasteiger partial charge in [0.15, 0.2) is 0 Å². The molecule has 2 rings (SSSR count). The summed E-state index contributed by atoms with van der Waals surface area (Å²) in [5.41, 5.74) is -0.896. The van der Waals surface area contributed by atoms with Crippen molar-refractivity contribution in [1.82, 2.24) is 15.1 Å². The lowest BCUT2D eigenvalue weighted by Crippen LogP contribution is -2.37. The Morgan fingerprint density at radius 2 is 1.83 bits per heavy atom. The van der Waals surface area contributed by atoms with Crippen LogP contribution < -0.4 is 5.32 Å². The fraction of sp³-hybridized carbons (Fsp3) is 0.400. The van der Waals surface area contributed by atoms with Gasteiger partial charge in [0.25, 0.3) is 5.91 Å². The van der Waals surface area contributed by atoms with E-state index in [0.717, 1.165) is 15.9 Å². The van der Waals surface area contributed by atoms with Crippen molar-refractivity contribution >= 4 is 17.8 Å². The van der Waals surface area contributed by atoms with E-state index >= 15 is 0 Å². The van der Waals surface area contributed by atoms with Crippen LogP contribution in [0.25, 0.3) is 0 Å². The zero-order valence-corrected chi connectivity index (χ0v) is 13.1.